The molecule has 0 aliphatic carbocycles. The Balaban J connectivity index is 1.74. The summed E-state index contributed by atoms with van der Waals surface area (Å²) in [5.41, 5.74) is 0.639. The highest BCUT2D eigenvalue weighted by Crippen LogP contribution is 2.29. The molecule has 1 unspecified atom stereocenters. The van der Waals surface area contributed by atoms with Crippen LogP contribution < -0.4 is 4.74 Å². The minimum Gasteiger partial charge on any atom is -0.405 e. The SMILES string of the molecule is O=C(c1ccccc1OC(F)(F)F)C1C=CC(/C=C/c2cccs2)=NCC1. The van der Waals surface area contributed by atoms with Gasteiger partial charge in [0, 0.05) is 17.3 Å². The van der Waals surface area contributed by atoms with Gasteiger partial charge < -0.3 is 4.74 Å². The number of carbonyl (C=O) groups excluding carboxylic acids is 1. The molecule has 140 valence electrons. The summed E-state index contributed by atoms with van der Waals surface area (Å²) >= 11 is 1.60. The van der Waals surface area contributed by atoms with Crippen LogP contribution in [0, 0.1) is 5.92 Å². The number of alkyl halides is 3. The Bertz CT molecular complexity index is 883. The third-order valence-electron chi connectivity index (χ3n) is 3.91. The van der Waals surface area contributed by atoms with Crippen molar-refractivity contribution in [1.29, 1.82) is 0 Å². The number of aliphatic imine (C=N–C) groups is 1. The zero-order valence-electron chi connectivity index (χ0n) is 14.1. The van der Waals surface area contributed by atoms with Gasteiger partial charge >= 0.3 is 6.36 Å². The first-order chi connectivity index (χ1) is 12.9. The topological polar surface area (TPSA) is 38.7 Å². The minimum atomic E-state index is -4.85. The first kappa shape index (κ1) is 19.1. The van der Waals surface area contributed by atoms with E-state index in [4.69, 9.17) is 0 Å². The van der Waals surface area contributed by atoms with Crippen molar-refractivity contribution in [3.05, 3.63) is 70.4 Å². The Labute approximate surface area is 158 Å². The van der Waals surface area contributed by atoms with Gasteiger partial charge in [0.25, 0.3) is 0 Å². The predicted molar refractivity (Wildman–Crippen MR) is 100 cm³/mol. The van der Waals surface area contributed by atoms with E-state index >= 15 is 0 Å². The summed E-state index contributed by atoms with van der Waals surface area (Å²) < 4.78 is 41.7. The van der Waals surface area contributed by atoms with E-state index < -0.39 is 23.8 Å². The van der Waals surface area contributed by atoms with Crippen LogP contribution in [-0.4, -0.2) is 24.4 Å². The number of thiophene rings is 1. The van der Waals surface area contributed by atoms with Crippen LogP contribution in [0.3, 0.4) is 0 Å². The van der Waals surface area contributed by atoms with E-state index in [1.807, 2.05) is 29.7 Å². The van der Waals surface area contributed by atoms with E-state index in [1.54, 1.807) is 23.5 Å². The normalized spacial score (nSPS) is 17.6. The zero-order valence-corrected chi connectivity index (χ0v) is 15.0. The third kappa shape index (κ3) is 5.40. The molecule has 0 N–H and O–H groups in total. The van der Waals surface area contributed by atoms with Crippen LogP contribution in [0.25, 0.3) is 6.08 Å². The smallest absolute Gasteiger partial charge is 0.405 e. The van der Waals surface area contributed by atoms with Crippen molar-refractivity contribution in [3.63, 3.8) is 0 Å². The van der Waals surface area contributed by atoms with Crippen molar-refractivity contribution in [3.8, 4) is 5.75 Å². The molecule has 1 atom stereocenters. The quantitative estimate of drug-likeness (QED) is 0.626. The maximum absolute atomic E-state index is 12.7. The molecule has 0 amide bonds. The first-order valence-corrected chi connectivity index (χ1v) is 9.13. The molecule has 1 aliphatic heterocycles. The predicted octanol–water partition coefficient (Wildman–Crippen LogP) is 5.56. The van der Waals surface area contributed by atoms with Gasteiger partial charge in [0.1, 0.15) is 5.75 Å². The molecule has 1 aliphatic rings. The third-order valence-corrected chi connectivity index (χ3v) is 4.75. The summed E-state index contributed by atoms with van der Waals surface area (Å²) in [6.07, 6.45) is 2.78. The van der Waals surface area contributed by atoms with Gasteiger partial charge in [0.2, 0.25) is 0 Å². The Hall–Kier alpha value is -2.67. The van der Waals surface area contributed by atoms with Gasteiger partial charge in [-0.1, -0.05) is 24.3 Å². The molecule has 1 aromatic heterocycles. The number of benzene rings is 1. The molecule has 2 heterocycles. The fourth-order valence-electron chi connectivity index (χ4n) is 2.66. The minimum absolute atomic E-state index is 0.0814. The number of rotatable bonds is 5. The van der Waals surface area contributed by atoms with Crippen LogP contribution in [-0.2, 0) is 0 Å². The van der Waals surface area contributed by atoms with Crippen LogP contribution in [0.5, 0.6) is 5.75 Å². The Kier molecular flexibility index (Phi) is 5.91. The maximum atomic E-state index is 12.7. The van der Waals surface area contributed by atoms with Crippen LogP contribution in [0.4, 0.5) is 13.2 Å². The molecule has 3 nitrogen and oxygen atoms in total. The lowest BCUT2D eigenvalue weighted by molar-refractivity contribution is -0.274. The van der Waals surface area contributed by atoms with Gasteiger partial charge in [-0.2, -0.15) is 0 Å². The fourth-order valence-corrected chi connectivity index (χ4v) is 3.28. The Morgan fingerprint density at radius 3 is 2.74 bits per heavy atom. The van der Waals surface area contributed by atoms with E-state index in [0.29, 0.717) is 13.0 Å². The number of hydrogen-bond donors (Lipinski definition) is 0. The molecular weight excluding hydrogens is 375 g/mol. The monoisotopic (exact) mass is 391 g/mol. The van der Waals surface area contributed by atoms with Gasteiger partial charge in [-0.15, -0.1) is 24.5 Å². The Morgan fingerprint density at radius 1 is 1.19 bits per heavy atom. The molecule has 0 spiro atoms. The average Bonchev–Trinajstić information content (AvgIpc) is 3.03. The van der Waals surface area contributed by atoms with E-state index in [2.05, 4.69) is 9.73 Å². The number of allylic oxidation sites excluding steroid dienone is 3. The second-order valence-corrected chi connectivity index (χ2v) is 6.80. The van der Waals surface area contributed by atoms with Crippen LogP contribution in [0.2, 0.25) is 0 Å². The van der Waals surface area contributed by atoms with E-state index in [9.17, 15) is 18.0 Å². The summed E-state index contributed by atoms with van der Waals surface area (Å²) in [4.78, 5) is 18.2. The number of hydrogen-bond acceptors (Lipinski definition) is 4. The largest absolute Gasteiger partial charge is 0.573 e. The van der Waals surface area contributed by atoms with Crippen LogP contribution >= 0.6 is 11.3 Å². The lowest BCUT2D eigenvalue weighted by Crippen LogP contribution is -2.21. The molecule has 3 rings (SSSR count). The van der Waals surface area contributed by atoms with Gasteiger partial charge in [-0.3, -0.25) is 9.79 Å². The summed E-state index contributed by atoms with van der Waals surface area (Å²) in [7, 11) is 0. The Morgan fingerprint density at radius 2 is 2.00 bits per heavy atom. The molecule has 1 aromatic carbocycles. The van der Waals surface area contributed by atoms with Crippen LogP contribution in [0.15, 0.2) is 65.0 Å². The van der Waals surface area contributed by atoms with Crippen molar-refractivity contribution >= 4 is 28.9 Å². The molecule has 0 saturated heterocycles. The maximum Gasteiger partial charge on any atom is 0.573 e. The summed E-state index contributed by atoms with van der Waals surface area (Å²) in [6, 6.07) is 9.34. The molecule has 0 fully saturated rings. The van der Waals surface area contributed by atoms with Gasteiger partial charge in [-0.25, -0.2) is 0 Å². The van der Waals surface area contributed by atoms with Gasteiger partial charge in [0.15, 0.2) is 5.78 Å². The van der Waals surface area contributed by atoms with Crippen LogP contribution in [0.1, 0.15) is 21.7 Å². The number of halogens is 3. The first-order valence-electron chi connectivity index (χ1n) is 8.25. The van der Waals surface area contributed by atoms with E-state index in [0.717, 1.165) is 16.7 Å². The van der Waals surface area contributed by atoms with E-state index in [-0.39, 0.29) is 5.56 Å². The van der Waals surface area contributed by atoms with E-state index in [1.165, 1.54) is 18.2 Å². The summed E-state index contributed by atoms with van der Waals surface area (Å²) in [5.74, 6) is -1.45. The number of carbonyl (C=O) groups is 1. The van der Waals surface area contributed by atoms with Crippen molar-refractivity contribution in [1.82, 2.24) is 0 Å². The van der Waals surface area contributed by atoms with Crippen molar-refractivity contribution in [2.75, 3.05) is 6.54 Å². The summed E-state index contributed by atoms with van der Waals surface area (Å²) in [5, 5.41) is 1.97. The number of ether oxygens (including phenoxy) is 1. The highest BCUT2D eigenvalue weighted by atomic mass is 32.1. The number of Topliss-reactive ketones (excluding diaryl/α,β-unsaturated/α-hetero) is 1. The molecule has 0 saturated carbocycles. The molecule has 0 bridgehead atoms. The second-order valence-electron chi connectivity index (χ2n) is 5.82. The highest BCUT2D eigenvalue weighted by Gasteiger charge is 2.33. The van der Waals surface area contributed by atoms with Crippen molar-refractivity contribution in [2.24, 2.45) is 10.9 Å². The highest BCUT2D eigenvalue weighted by molar-refractivity contribution is 7.10. The standard InChI is InChI=1S/C20H16F3NO2S/c21-20(22,23)26-18-6-2-1-5-17(18)19(25)14-7-8-15(24-12-11-14)9-10-16-4-3-13-27-16/h1-10,13-14H,11-12H2/b10-9+. The fraction of sp³-hybridized carbons (Fsp3) is 0.200. The zero-order chi connectivity index (χ0) is 19.3. The number of para-hydroxylation sites is 1. The number of nitrogens with zero attached hydrogens (tertiary/aromatic N) is 1. The number of ketones is 1. The molecule has 27 heavy (non-hydrogen) atoms. The average molecular weight is 391 g/mol. The molecule has 7 heteroatoms. The van der Waals surface area contributed by atoms with Gasteiger partial charge in [-0.05, 0) is 48.2 Å². The summed E-state index contributed by atoms with van der Waals surface area (Å²) in [6.45, 7) is 0.413. The lowest BCUT2D eigenvalue weighted by atomic mass is 9.93. The van der Waals surface area contributed by atoms with Crippen molar-refractivity contribution < 1.29 is 22.7 Å². The molecule has 2 aromatic rings. The molecular formula is C20H16F3NO2S. The molecule has 0 radical (unpaired) electrons. The van der Waals surface area contributed by atoms with Crippen molar-refractivity contribution in [2.45, 2.75) is 12.8 Å². The van der Waals surface area contributed by atoms with Gasteiger partial charge in [0.05, 0.1) is 11.3 Å². The second kappa shape index (κ2) is 8.35. The lowest BCUT2D eigenvalue weighted by Gasteiger charge is -2.15.